The fourth-order valence-corrected chi connectivity index (χ4v) is 4.03. The first-order valence-electron chi connectivity index (χ1n) is 6.57. The van der Waals surface area contributed by atoms with E-state index in [4.69, 9.17) is 9.47 Å². The Kier molecular flexibility index (Phi) is 2.46. The molecule has 0 aromatic rings. The molecule has 0 radical (unpaired) electrons. The highest BCUT2D eigenvalue weighted by Crippen LogP contribution is 2.59. The Morgan fingerprint density at radius 3 is 2.76 bits per heavy atom. The maximum Gasteiger partial charge on any atom is 0.177 e. The lowest BCUT2D eigenvalue weighted by Crippen LogP contribution is -2.45. The van der Waals surface area contributed by atoms with Crippen LogP contribution in [0.4, 0.5) is 0 Å². The molecule has 0 amide bonds. The summed E-state index contributed by atoms with van der Waals surface area (Å²) in [5, 5.41) is 0. The molecule has 1 heterocycles. The second-order valence-corrected chi connectivity index (χ2v) is 5.86. The van der Waals surface area contributed by atoms with E-state index in [2.05, 4.69) is 19.9 Å². The van der Waals surface area contributed by atoms with E-state index in [-0.39, 0.29) is 11.2 Å². The molecule has 0 aromatic heterocycles. The van der Waals surface area contributed by atoms with Gasteiger partial charge in [0, 0.05) is 18.3 Å². The monoisotopic (exact) mass is 236 g/mol. The van der Waals surface area contributed by atoms with E-state index in [0.717, 1.165) is 12.8 Å². The van der Waals surface area contributed by atoms with Crippen LogP contribution in [0.3, 0.4) is 0 Å². The summed E-state index contributed by atoms with van der Waals surface area (Å²) in [4.78, 5) is 11.7. The van der Waals surface area contributed by atoms with Crippen LogP contribution in [0.15, 0.2) is 12.2 Å². The third-order valence-electron chi connectivity index (χ3n) is 4.95. The molecule has 1 spiro atoms. The van der Waals surface area contributed by atoms with E-state index < -0.39 is 5.79 Å². The first kappa shape index (κ1) is 11.4. The summed E-state index contributed by atoms with van der Waals surface area (Å²) < 4.78 is 11.9. The van der Waals surface area contributed by atoms with Crippen molar-refractivity contribution in [3.8, 4) is 0 Å². The molecule has 2 fully saturated rings. The minimum Gasteiger partial charge on any atom is -0.347 e. The van der Waals surface area contributed by atoms with Crippen LogP contribution in [-0.4, -0.2) is 24.8 Å². The molecule has 3 heteroatoms. The highest BCUT2D eigenvalue weighted by molar-refractivity contribution is 5.90. The van der Waals surface area contributed by atoms with Gasteiger partial charge in [-0.3, -0.25) is 4.79 Å². The molecule has 3 aliphatic rings. The van der Waals surface area contributed by atoms with Gasteiger partial charge in [0.25, 0.3) is 0 Å². The summed E-state index contributed by atoms with van der Waals surface area (Å²) in [5.74, 6) is 0.673. The van der Waals surface area contributed by atoms with E-state index >= 15 is 0 Å². The fourth-order valence-electron chi connectivity index (χ4n) is 4.03. The van der Waals surface area contributed by atoms with E-state index in [1.807, 2.05) is 0 Å². The van der Waals surface area contributed by atoms with Crippen molar-refractivity contribution in [3.05, 3.63) is 12.2 Å². The number of hydrogen-bond acceptors (Lipinski definition) is 3. The van der Waals surface area contributed by atoms with Crippen molar-refractivity contribution in [1.82, 2.24) is 0 Å². The summed E-state index contributed by atoms with van der Waals surface area (Å²) >= 11 is 0. The van der Waals surface area contributed by atoms with Crippen LogP contribution in [-0.2, 0) is 14.3 Å². The zero-order valence-corrected chi connectivity index (χ0v) is 10.6. The van der Waals surface area contributed by atoms with Crippen LogP contribution < -0.4 is 0 Å². The van der Waals surface area contributed by atoms with Crippen LogP contribution in [0.2, 0.25) is 0 Å². The molecular weight excluding hydrogens is 216 g/mol. The van der Waals surface area contributed by atoms with Crippen molar-refractivity contribution in [2.45, 2.75) is 38.9 Å². The Morgan fingerprint density at radius 2 is 2.06 bits per heavy atom. The van der Waals surface area contributed by atoms with Gasteiger partial charge in [0.15, 0.2) is 11.6 Å². The first-order chi connectivity index (χ1) is 8.07. The number of allylic oxidation sites excluding steroid dienone is 1. The van der Waals surface area contributed by atoms with E-state index in [0.29, 0.717) is 31.5 Å². The van der Waals surface area contributed by atoms with E-state index in [1.165, 1.54) is 0 Å². The van der Waals surface area contributed by atoms with Gasteiger partial charge in [-0.2, -0.15) is 0 Å². The molecule has 1 aliphatic heterocycles. The van der Waals surface area contributed by atoms with Crippen LogP contribution in [0, 0.1) is 17.3 Å². The number of carbonyl (C=O) groups excluding carboxylic acids is 1. The number of fused-ring (bicyclic) bond motifs is 2. The highest BCUT2D eigenvalue weighted by atomic mass is 16.7. The topological polar surface area (TPSA) is 35.5 Å². The summed E-state index contributed by atoms with van der Waals surface area (Å²) in [7, 11) is 0. The maximum absolute atomic E-state index is 11.7. The number of hydrogen-bond donors (Lipinski definition) is 0. The smallest absolute Gasteiger partial charge is 0.177 e. The Balaban J connectivity index is 2.03. The van der Waals surface area contributed by atoms with E-state index in [9.17, 15) is 4.79 Å². The van der Waals surface area contributed by atoms with Crippen molar-refractivity contribution in [3.63, 3.8) is 0 Å². The van der Waals surface area contributed by atoms with Crippen LogP contribution in [0.25, 0.3) is 0 Å². The summed E-state index contributed by atoms with van der Waals surface area (Å²) in [6, 6.07) is 0. The predicted molar refractivity (Wildman–Crippen MR) is 63.4 cm³/mol. The van der Waals surface area contributed by atoms with Gasteiger partial charge in [-0.1, -0.05) is 19.9 Å². The predicted octanol–water partition coefficient (Wildman–Crippen LogP) is 2.31. The Hall–Kier alpha value is -0.670. The average Bonchev–Trinajstić information content (AvgIpc) is 2.83. The second kappa shape index (κ2) is 3.66. The third-order valence-corrected chi connectivity index (χ3v) is 4.95. The van der Waals surface area contributed by atoms with Crippen molar-refractivity contribution in [2.75, 3.05) is 13.2 Å². The van der Waals surface area contributed by atoms with Gasteiger partial charge in [0.05, 0.1) is 13.2 Å². The summed E-state index contributed by atoms with van der Waals surface area (Å²) in [5.41, 5.74) is -0.144. The second-order valence-electron chi connectivity index (χ2n) is 5.86. The zero-order valence-electron chi connectivity index (χ0n) is 10.6. The minimum atomic E-state index is -0.465. The largest absolute Gasteiger partial charge is 0.347 e. The summed E-state index contributed by atoms with van der Waals surface area (Å²) in [6.07, 6.45) is 6.51. The molecule has 3 rings (SSSR count). The van der Waals surface area contributed by atoms with Gasteiger partial charge in [0.2, 0.25) is 0 Å². The standard InChI is InChI=1S/C14H20O3/c1-10-9-11(15)3-5-13(2)12(10)4-6-14(13)16-7-8-17-14/h3,5,10,12H,4,6-9H2,1-2H3/t10-,12+,13+/m1/s1. The van der Waals surface area contributed by atoms with Crippen molar-refractivity contribution >= 4 is 5.78 Å². The van der Waals surface area contributed by atoms with Gasteiger partial charge in [-0.15, -0.1) is 0 Å². The molecule has 0 unspecified atom stereocenters. The van der Waals surface area contributed by atoms with E-state index in [1.54, 1.807) is 6.08 Å². The lowest BCUT2D eigenvalue weighted by atomic mass is 9.71. The molecule has 3 atom stereocenters. The molecule has 0 bridgehead atoms. The normalized spacial score (nSPS) is 44.0. The molecular formula is C14H20O3. The molecule has 2 aliphatic carbocycles. The first-order valence-corrected chi connectivity index (χ1v) is 6.57. The number of ketones is 1. The molecule has 3 nitrogen and oxygen atoms in total. The van der Waals surface area contributed by atoms with Crippen molar-refractivity contribution in [1.29, 1.82) is 0 Å². The average molecular weight is 236 g/mol. The molecule has 1 saturated carbocycles. The van der Waals surface area contributed by atoms with Crippen LogP contribution in [0.1, 0.15) is 33.1 Å². The Bertz CT molecular complexity index is 368. The van der Waals surface area contributed by atoms with Gasteiger partial charge < -0.3 is 9.47 Å². The Labute approximate surface area is 102 Å². The molecule has 94 valence electrons. The van der Waals surface area contributed by atoms with Gasteiger partial charge in [0.1, 0.15) is 0 Å². The summed E-state index contributed by atoms with van der Waals surface area (Å²) in [6.45, 7) is 5.74. The third kappa shape index (κ3) is 1.45. The lowest BCUT2D eigenvalue weighted by molar-refractivity contribution is -0.210. The quantitative estimate of drug-likeness (QED) is 0.647. The van der Waals surface area contributed by atoms with Gasteiger partial charge >= 0.3 is 0 Å². The molecule has 1 saturated heterocycles. The van der Waals surface area contributed by atoms with Gasteiger partial charge in [-0.05, 0) is 24.3 Å². The molecule has 0 N–H and O–H groups in total. The zero-order chi connectivity index (χ0) is 12.1. The van der Waals surface area contributed by atoms with Gasteiger partial charge in [-0.25, -0.2) is 0 Å². The highest BCUT2D eigenvalue weighted by Gasteiger charge is 2.61. The van der Waals surface area contributed by atoms with Crippen molar-refractivity contribution < 1.29 is 14.3 Å². The SMILES string of the molecule is C[C@@H]1CC(=O)C=C[C@@]2(C)[C@H]1CCC21OCCO1. The fraction of sp³-hybridized carbons (Fsp3) is 0.786. The Morgan fingerprint density at radius 1 is 1.35 bits per heavy atom. The maximum atomic E-state index is 11.7. The van der Waals surface area contributed by atoms with Crippen molar-refractivity contribution in [2.24, 2.45) is 17.3 Å². The number of ether oxygens (including phenoxy) is 2. The minimum absolute atomic E-state index is 0.144. The number of rotatable bonds is 0. The van der Waals surface area contributed by atoms with Crippen LogP contribution in [0.5, 0.6) is 0 Å². The molecule has 0 aromatic carbocycles. The van der Waals surface area contributed by atoms with Crippen LogP contribution >= 0.6 is 0 Å². The molecule has 17 heavy (non-hydrogen) atoms. The number of carbonyl (C=O) groups is 1. The lowest BCUT2D eigenvalue weighted by Gasteiger charge is -2.41.